The molecule has 2 bridgehead atoms. The smallest absolute Gasteiger partial charge is 0.240 e. The number of benzene rings is 2. The van der Waals surface area contributed by atoms with E-state index < -0.39 is 0 Å². The summed E-state index contributed by atoms with van der Waals surface area (Å²) in [6.45, 7) is 5.35. The van der Waals surface area contributed by atoms with Crippen LogP contribution in [-0.4, -0.2) is 37.2 Å². The quantitative estimate of drug-likeness (QED) is 0.586. The molecule has 168 valence electrons. The third-order valence-corrected chi connectivity index (χ3v) is 6.39. The summed E-state index contributed by atoms with van der Waals surface area (Å²) in [5.74, 6) is 1.14. The first-order valence-corrected chi connectivity index (χ1v) is 11.2. The van der Waals surface area contributed by atoms with E-state index in [0.717, 1.165) is 18.4 Å². The number of rotatable bonds is 8. The first kappa shape index (κ1) is 20.8. The van der Waals surface area contributed by atoms with Crippen molar-refractivity contribution in [2.75, 3.05) is 18.1 Å². The van der Waals surface area contributed by atoms with Crippen molar-refractivity contribution in [3.8, 4) is 17.2 Å². The standard InChI is InChI=1S/C25H27NO6/c1-3-29-18-10-5-15(13-21(18)30-4-2)14-31-17-8-6-16(7-9-17)26-24(27)22-19-11-12-20(32-19)23(22)25(26)28/h5-10,13,19-20,22-23H,3-4,11-12,14H2,1-2H3/t19-,20+,22-,23-/m0/s1. The van der Waals surface area contributed by atoms with Crippen LogP contribution in [0, 0.1) is 11.8 Å². The van der Waals surface area contributed by atoms with Gasteiger partial charge in [-0.1, -0.05) is 6.07 Å². The van der Waals surface area contributed by atoms with Gasteiger partial charge in [0.2, 0.25) is 11.8 Å². The number of carbonyl (C=O) groups excluding carboxylic acids is 2. The molecule has 0 N–H and O–H groups in total. The lowest BCUT2D eigenvalue weighted by Crippen LogP contribution is -2.34. The average molecular weight is 437 g/mol. The number of imide groups is 1. The molecular formula is C25H27NO6. The first-order chi connectivity index (χ1) is 15.6. The fraction of sp³-hybridized carbons (Fsp3) is 0.440. The van der Waals surface area contributed by atoms with Crippen molar-refractivity contribution in [2.45, 2.75) is 45.5 Å². The molecule has 0 saturated carbocycles. The van der Waals surface area contributed by atoms with E-state index in [4.69, 9.17) is 18.9 Å². The van der Waals surface area contributed by atoms with Crippen LogP contribution in [0.3, 0.4) is 0 Å². The molecule has 5 rings (SSSR count). The maximum atomic E-state index is 12.9. The van der Waals surface area contributed by atoms with Crippen molar-refractivity contribution < 1.29 is 28.5 Å². The van der Waals surface area contributed by atoms with E-state index in [2.05, 4.69) is 0 Å². The zero-order valence-corrected chi connectivity index (χ0v) is 18.3. The number of carbonyl (C=O) groups is 2. The largest absolute Gasteiger partial charge is 0.490 e. The minimum atomic E-state index is -0.323. The zero-order chi connectivity index (χ0) is 22.2. The minimum absolute atomic E-state index is 0.107. The fourth-order valence-corrected chi connectivity index (χ4v) is 5.01. The molecule has 0 spiro atoms. The molecule has 0 aliphatic carbocycles. The van der Waals surface area contributed by atoms with E-state index in [0.29, 0.717) is 42.8 Å². The molecule has 3 heterocycles. The van der Waals surface area contributed by atoms with Crippen molar-refractivity contribution in [1.29, 1.82) is 0 Å². The van der Waals surface area contributed by atoms with Gasteiger partial charge in [0.1, 0.15) is 12.4 Å². The van der Waals surface area contributed by atoms with Crippen molar-refractivity contribution in [1.82, 2.24) is 0 Å². The molecule has 2 aromatic carbocycles. The van der Waals surface area contributed by atoms with E-state index in [1.165, 1.54) is 4.90 Å². The minimum Gasteiger partial charge on any atom is -0.490 e. The number of amides is 2. The Labute approximate surface area is 187 Å². The monoisotopic (exact) mass is 437 g/mol. The molecule has 3 fully saturated rings. The predicted molar refractivity (Wildman–Crippen MR) is 117 cm³/mol. The molecule has 7 nitrogen and oxygen atoms in total. The molecule has 0 radical (unpaired) electrons. The van der Waals surface area contributed by atoms with Gasteiger partial charge in [-0.2, -0.15) is 0 Å². The lowest BCUT2D eigenvalue weighted by atomic mass is 9.81. The maximum Gasteiger partial charge on any atom is 0.240 e. The Morgan fingerprint density at radius 3 is 2.09 bits per heavy atom. The summed E-state index contributed by atoms with van der Waals surface area (Å²) in [4.78, 5) is 27.2. The molecule has 3 aliphatic heterocycles. The van der Waals surface area contributed by atoms with Gasteiger partial charge in [-0.3, -0.25) is 9.59 Å². The highest BCUT2D eigenvalue weighted by Crippen LogP contribution is 2.49. The van der Waals surface area contributed by atoms with Gasteiger partial charge in [0, 0.05) is 0 Å². The molecule has 0 aromatic heterocycles. The number of hydrogen-bond donors (Lipinski definition) is 0. The lowest BCUT2D eigenvalue weighted by molar-refractivity contribution is -0.124. The highest BCUT2D eigenvalue weighted by molar-refractivity contribution is 6.22. The summed E-state index contributed by atoms with van der Waals surface area (Å²) in [6.07, 6.45) is 1.51. The third kappa shape index (κ3) is 3.50. The second-order valence-corrected chi connectivity index (χ2v) is 8.28. The third-order valence-electron chi connectivity index (χ3n) is 6.39. The van der Waals surface area contributed by atoms with Gasteiger partial charge >= 0.3 is 0 Å². The van der Waals surface area contributed by atoms with Crippen LogP contribution in [0.15, 0.2) is 42.5 Å². The summed E-state index contributed by atoms with van der Waals surface area (Å²) >= 11 is 0. The molecule has 3 aliphatic rings. The Balaban J connectivity index is 1.25. The van der Waals surface area contributed by atoms with Crippen molar-refractivity contribution in [3.05, 3.63) is 48.0 Å². The molecular weight excluding hydrogens is 410 g/mol. The summed E-state index contributed by atoms with van der Waals surface area (Å²) in [5, 5.41) is 0. The van der Waals surface area contributed by atoms with Crippen LogP contribution < -0.4 is 19.1 Å². The van der Waals surface area contributed by atoms with Crippen molar-refractivity contribution in [3.63, 3.8) is 0 Å². The Morgan fingerprint density at radius 1 is 0.844 bits per heavy atom. The van der Waals surface area contributed by atoms with Crippen molar-refractivity contribution in [2.24, 2.45) is 11.8 Å². The van der Waals surface area contributed by atoms with E-state index in [1.807, 2.05) is 32.0 Å². The van der Waals surface area contributed by atoms with Crippen LogP contribution >= 0.6 is 0 Å². The van der Waals surface area contributed by atoms with Gasteiger partial charge in [-0.15, -0.1) is 0 Å². The highest BCUT2D eigenvalue weighted by atomic mass is 16.5. The van der Waals surface area contributed by atoms with E-state index in [9.17, 15) is 9.59 Å². The highest BCUT2D eigenvalue weighted by Gasteiger charge is 2.62. The molecule has 7 heteroatoms. The van der Waals surface area contributed by atoms with E-state index in [-0.39, 0.29) is 35.9 Å². The average Bonchev–Trinajstić information content (AvgIpc) is 3.48. The van der Waals surface area contributed by atoms with E-state index in [1.54, 1.807) is 24.3 Å². The van der Waals surface area contributed by atoms with Gasteiger partial charge in [0.25, 0.3) is 0 Å². The van der Waals surface area contributed by atoms with Crippen LogP contribution in [0.4, 0.5) is 5.69 Å². The maximum absolute atomic E-state index is 12.9. The molecule has 3 saturated heterocycles. The van der Waals surface area contributed by atoms with Gasteiger partial charge in [-0.05, 0) is 68.7 Å². The van der Waals surface area contributed by atoms with Crippen LogP contribution in [-0.2, 0) is 20.9 Å². The Kier molecular flexibility index (Phi) is 5.51. The Bertz CT molecular complexity index is 992. The first-order valence-electron chi connectivity index (χ1n) is 11.2. The van der Waals surface area contributed by atoms with Crippen LogP contribution in [0.1, 0.15) is 32.3 Å². The molecule has 0 unspecified atom stereocenters. The number of ether oxygens (including phenoxy) is 4. The molecule has 2 aromatic rings. The van der Waals surface area contributed by atoms with Gasteiger partial charge in [0.15, 0.2) is 11.5 Å². The van der Waals surface area contributed by atoms with Gasteiger partial charge in [0.05, 0.1) is 42.9 Å². The molecule has 4 atom stereocenters. The Morgan fingerprint density at radius 2 is 1.47 bits per heavy atom. The van der Waals surface area contributed by atoms with Gasteiger partial charge in [-0.25, -0.2) is 4.90 Å². The lowest BCUT2D eigenvalue weighted by Gasteiger charge is -2.18. The normalized spacial score (nSPS) is 25.9. The SMILES string of the molecule is CCOc1ccc(COc2ccc(N3C(=O)[C@@H]4[C@@H](C3=O)[C@H]3CC[C@@H]4O3)cc2)cc1OCC. The summed E-state index contributed by atoms with van der Waals surface area (Å²) in [5.41, 5.74) is 1.54. The number of anilines is 1. The van der Waals surface area contributed by atoms with Gasteiger partial charge < -0.3 is 18.9 Å². The summed E-state index contributed by atoms with van der Waals surface area (Å²) in [6, 6.07) is 12.8. The number of nitrogens with zero attached hydrogens (tertiary/aromatic N) is 1. The summed E-state index contributed by atoms with van der Waals surface area (Å²) < 4.78 is 23.0. The van der Waals surface area contributed by atoms with Crippen LogP contribution in [0.5, 0.6) is 17.2 Å². The molecule has 32 heavy (non-hydrogen) atoms. The topological polar surface area (TPSA) is 74.3 Å². The number of fused-ring (bicyclic) bond motifs is 5. The van der Waals surface area contributed by atoms with Crippen LogP contribution in [0.2, 0.25) is 0 Å². The predicted octanol–water partition coefficient (Wildman–Crippen LogP) is 3.73. The van der Waals surface area contributed by atoms with E-state index >= 15 is 0 Å². The fourth-order valence-electron chi connectivity index (χ4n) is 5.01. The van der Waals surface area contributed by atoms with Crippen LogP contribution in [0.25, 0.3) is 0 Å². The second-order valence-electron chi connectivity index (χ2n) is 8.28. The molecule has 2 amide bonds. The van der Waals surface area contributed by atoms with Crippen molar-refractivity contribution >= 4 is 17.5 Å². The number of hydrogen-bond acceptors (Lipinski definition) is 6. The summed E-state index contributed by atoms with van der Waals surface area (Å²) in [7, 11) is 0. The second kappa shape index (κ2) is 8.47. The Hall–Kier alpha value is -3.06. The zero-order valence-electron chi connectivity index (χ0n) is 18.3.